The van der Waals surface area contributed by atoms with Crippen molar-refractivity contribution < 1.29 is 19.7 Å². The van der Waals surface area contributed by atoms with Gasteiger partial charge in [0.2, 0.25) is 0 Å². The number of likely N-dealkylation sites (tertiary alicyclic amines) is 1. The van der Waals surface area contributed by atoms with E-state index in [9.17, 15) is 10.2 Å². The molecule has 2 aromatic rings. The number of ether oxygens (including phenoxy) is 2. The summed E-state index contributed by atoms with van der Waals surface area (Å²) in [6, 6.07) is 13.2. The number of nitrogens with one attached hydrogen (secondary N) is 1. The second-order valence-corrected chi connectivity index (χ2v) is 9.15. The van der Waals surface area contributed by atoms with Gasteiger partial charge in [-0.3, -0.25) is 0 Å². The van der Waals surface area contributed by atoms with E-state index in [0.717, 1.165) is 37.2 Å². The standard InChI is InChI=1S/C24H32Cl2N2O4/c1-17-3-2-4-22(11-17)31-15-20(29)13-27-19-7-9-28(10-8-19)14-21(30)16-32-24-6-5-18(25)12-23(24)26/h2-6,11-12,19-21,27,29-30H,7-10,13-16H2,1H3/t20-,21-/m0/s1. The van der Waals surface area contributed by atoms with E-state index in [4.69, 9.17) is 32.7 Å². The number of aliphatic hydroxyl groups excluding tert-OH is 2. The first-order valence-electron chi connectivity index (χ1n) is 11.0. The van der Waals surface area contributed by atoms with Gasteiger partial charge >= 0.3 is 0 Å². The summed E-state index contributed by atoms with van der Waals surface area (Å²) in [6.45, 7) is 5.25. The largest absolute Gasteiger partial charge is 0.491 e. The number of piperidine rings is 1. The lowest BCUT2D eigenvalue weighted by Crippen LogP contribution is -2.47. The predicted molar refractivity (Wildman–Crippen MR) is 128 cm³/mol. The summed E-state index contributed by atoms with van der Waals surface area (Å²) in [4.78, 5) is 2.23. The minimum atomic E-state index is -0.605. The smallest absolute Gasteiger partial charge is 0.138 e. The minimum absolute atomic E-state index is 0.173. The van der Waals surface area contributed by atoms with E-state index >= 15 is 0 Å². The molecule has 8 heteroatoms. The molecule has 6 nitrogen and oxygen atoms in total. The zero-order valence-corrected chi connectivity index (χ0v) is 19.9. The molecule has 0 bridgehead atoms. The highest BCUT2D eigenvalue weighted by Crippen LogP contribution is 2.27. The number of β-amino-alcohol motifs (C(OH)–C–C–N with tert-alkyl or cyclic N) is 1. The summed E-state index contributed by atoms with van der Waals surface area (Å²) in [6.07, 6.45) is 0.753. The van der Waals surface area contributed by atoms with Gasteiger partial charge in [0.25, 0.3) is 0 Å². The first-order chi connectivity index (χ1) is 15.4. The lowest BCUT2D eigenvalue weighted by atomic mass is 10.0. The molecular formula is C24H32Cl2N2O4. The molecular weight excluding hydrogens is 451 g/mol. The molecule has 0 unspecified atom stereocenters. The number of halogens is 2. The Morgan fingerprint density at radius 3 is 2.50 bits per heavy atom. The van der Waals surface area contributed by atoms with E-state index in [1.807, 2.05) is 31.2 Å². The molecule has 3 N–H and O–H groups in total. The second-order valence-electron chi connectivity index (χ2n) is 8.30. The van der Waals surface area contributed by atoms with Crippen LogP contribution in [0.4, 0.5) is 0 Å². The van der Waals surface area contributed by atoms with E-state index in [1.165, 1.54) is 0 Å². The van der Waals surface area contributed by atoms with E-state index in [-0.39, 0.29) is 13.2 Å². The molecule has 1 fully saturated rings. The third-order valence-electron chi connectivity index (χ3n) is 5.46. The molecule has 0 radical (unpaired) electrons. The maximum atomic E-state index is 10.3. The molecule has 2 aromatic carbocycles. The lowest BCUT2D eigenvalue weighted by molar-refractivity contribution is 0.0556. The fourth-order valence-electron chi connectivity index (χ4n) is 3.71. The number of aryl methyl sites for hydroxylation is 1. The number of hydrogen-bond acceptors (Lipinski definition) is 6. The highest BCUT2D eigenvalue weighted by Gasteiger charge is 2.22. The third kappa shape index (κ3) is 8.43. The van der Waals surface area contributed by atoms with Crippen molar-refractivity contribution in [2.24, 2.45) is 0 Å². The fraction of sp³-hybridized carbons (Fsp3) is 0.500. The van der Waals surface area contributed by atoms with Gasteiger partial charge in [0.05, 0.1) is 5.02 Å². The second kappa shape index (κ2) is 12.6. The Morgan fingerprint density at radius 1 is 1.03 bits per heavy atom. The highest BCUT2D eigenvalue weighted by molar-refractivity contribution is 6.35. The molecule has 1 heterocycles. The van der Waals surface area contributed by atoms with E-state index in [1.54, 1.807) is 18.2 Å². The number of hydrogen-bond donors (Lipinski definition) is 3. The molecule has 1 aliphatic heterocycles. The average molecular weight is 483 g/mol. The maximum Gasteiger partial charge on any atom is 0.138 e. The number of nitrogens with zero attached hydrogens (tertiary/aromatic N) is 1. The van der Waals surface area contributed by atoms with Gasteiger partial charge in [-0.05, 0) is 68.8 Å². The minimum Gasteiger partial charge on any atom is -0.491 e. The summed E-state index contributed by atoms with van der Waals surface area (Å²) in [5.41, 5.74) is 1.13. The SMILES string of the molecule is Cc1cccc(OC[C@@H](O)CNC2CCN(C[C@H](O)COc3ccc(Cl)cc3Cl)CC2)c1. The van der Waals surface area contributed by atoms with Gasteiger partial charge in [-0.25, -0.2) is 0 Å². The molecule has 0 aromatic heterocycles. The molecule has 3 rings (SSSR count). The summed E-state index contributed by atoms with van der Waals surface area (Å²) >= 11 is 12.0. The Hall–Kier alpha value is -1.54. The number of benzene rings is 2. The van der Waals surface area contributed by atoms with Crippen molar-refractivity contribution >= 4 is 23.2 Å². The van der Waals surface area contributed by atoms with Crippen LogP contribution in [0.25, 0.3) is 0 Å². The van der Waals surface area contributed by atoms with Crippen LogP contribution in [0.3, 0.4) is 0 Å². The molecule has 0 spiro atoms. The molecule has 1 aliphatic rings. The fourth-order valence-corrected chi connectivity index (χ4v) is 4.17. The Balaban J connectivity index is 1.29. The van der Waals surface area contributed by atoms with Crippen LogP contribution in [0.15, 0.2) is 42.5 Å². The van der Waals surface area contributed by atoms with Crippen molar-refractivity contribution in [1.82, 2.24) is 10.2 Å². The van der Waals surface area contributed by atoms with Crippen molar-refractivity contribution in [3.63, 3.8) is 0 Å². The molecule has 0 saturated carbocycles. The van der Waals surface area contributed by atoms with Crippen LogP contribution < -0.4 is 14.8 Å². The normalized spacial score (nSPS) is 17.2. The maximum absolute atomic E-state index is 10.3. The Kier molecular flexibility index (Phi) is 9.91. The van der Waals surface area contributed by atoms with Crippen LogP contribution in [0.5, 0.6) is 11.5 Å². The first kappa shape index (κ1) is 25.1. The quantitative estimate of drug-likeness (QED) is 0.454. The molecule has 1 saturated heterocycles. The number of rotatable bonds is 11. The summed E-state index contributed by atoms with van der Waals surface area (Å²) < 4.78 is 11.3. The van der Waals surface area contributed by atoms with E-state index < -0.39 is 12.2 Å². The van der Waals surface area contributed by atoms with Crippen LogP contribution in [-0.4, -0.2) is 72.8 Å². The summed E-state index contributed by atoms with van der Waals surface area (Å²) in [5, 5.41) is 24.9. The van der Waals surface area contributed by atoms with Crippen molar-refractivity contribution in [2.75, 3.05) is 39.4 Å². The first-order valence-corrected chi connectivity index (χ1v) is 11.7. The van der Waals surface area contributed by atoms with Crippen LogP contribution in [0.2, 0.25) is 10.0 Å². The zero-order chi connectivity index (χ0) is 22.9. The van der Waals surface area contributed by atoms with E-state index in [2.05, 4.69) is 10.2 Å². The summed E-state index contributed by atoms with van der Waals surface area (Å²) in [5.74, 6) is 1.29. The molecule has 176 valence electrons. The Bertz CT molecular complexity index is 846. The van der Waals surface area contributed by atoms with Crippen LogP contribution in [0.1, 0.15) is 18.4 Å². The van der Waals surface area contributed by atoms with Crippen LogP contribution in [0, 0.1) is 6.92 Å². The zero-order valence-electron chi connectivity index (χ0n) is 18.3. The van der Waals surface area contributed by atoms with Crippen molar-refractivity contribution in [3.8, 4) is 11.5 Å². The lowest BCUT2D eigenvalue weighted by Gasteiger charge is -2.33. The van der Waals surface area contributed by atoms with Crippen LogP contribution >= 0.6 is 23.2 Å². The average Bonchev–Trinajstić information content (AvgIpc) is 2.77. The topological polar surface area (TPSA) is 74.2 Å². The molecule has 0 amide bonds. The number of aliphatic hydroxyl groups is 2. The van der Waals surface area contributed by atoms with Crippen LogP contribution in [-0.2, 0) is 0 Å². The van der Waals surface area contributed by atoms with Gasteiger partial charge < -0.3 is 29.9 Å². The Morgan fingerprint density at radius 2 is 1.78 bits per heavy atom. The van der Waals surface area contributed by atoms with E-state index in [0.29, 0.717) is 34.9 Å². The summed E-state index contributed by atoms with van der Waals surface area (Å²) in [7, 11) is 0. The van der Waals surface area contributed by atoms with Gasteiger partial charge in [0.15, 0.2) is 0 Å². The van der Waals surface area contributed by atoms with Crippen molar-refractivity contribution in [3.05, 3.63) is 58.1 Å². The van der Waals surface area contributed by atoms with Gasteiger partial charge in [-0.2, -0.15) is 0 Å². The van der Waals surface area contributed by atoms with Gasteiger partial charge in [-0.1, -0.05) is 35.3 Å². The van der Waals surface area contributed by atoms with Gasteiger partial charge in [-0.15, -0.1) is 0 Å². The predicted octanol–water partition coefficient (Wildman–Crippen LogP) is 3.54. The van der Waals surface area contributed by atoms with Gasteiger partial charge in [0.1, 0.15) is 36.9 Å². The highest BCUT2D eigenvalue weighted by atomic mass is 35.5. The van der Waals surface area contributed by atoms with Crippen molar-refractivity contribution in [1.29, 1.82) is 0 Å². The monoisotopic (exact) mass is 482 g/mol. The third-order valence-corrected chi connectivity index (χ3v) is 5.99. The Labute approximate surface area is 200 Å². The van der Waals surface area contributed by atoms with Gasteiger partial charge in [0, 0.05) is 24.2 Å². The molecule has 0 aliphatic carbocycles. The van der Waals surface area contributed by atoms with Crippen molar-refractivity contribution in [2.45, 2.75) is 38.0 Å². The molecule has 2 atom stereocenters. The molecule has 32 heavy (non-hydrogen) atoms.